The van der Waals surface area contributed by atoms with Crippen LogP contribution in [0, 0.1) is 5.92 Å². The van der Waals surface area contributed by atoms with Gasteiger partial charge in [0.15, 0.2) is 5.79 Å². The zero-order valence-corrected chi connectivity index (χ0v) is 13.3. The Morgan fingerprint density at radius 1 is 1.43 bits per heavy atom. The standard InChI is InChI=1S/C16H22ClNO3/c1-12(10-16(2)20-6-7-21-16)11-18-15(19)9-13-4-3-5-14(17)8-13/h3-5,8,12H,6-7,9-11H2,1-2H3,(H,18,19). The number of ether oxygens (including phenoxy) is 2. The minimum absolute atomic E-state index is 0.00234. The largest absolute Gasteiger partial charge is 0.356 e. The Balaban J connectivity index is 1.73. The summed E-state index contributed by atoms with van der Waals surface area (Å²) in [5.41, 5.74) is 0.919. The normalized spacial score (nSPS) is 18.4. The van der Waals surface area contributed by atoms with Crippen LogP contribution < -0.4 is 5.32 Å². The molecule has 1 aliphatic heterocycles. The van der Waals surface area contributed by atoms with Gasteiger partial charge >= 0.3 is 0 Å². The van der Waals surface area contributed by atoms with E-state index in [0.717, 1.165) is 12.0 Å². The van der Waals surface area contributed by atoms with Gasteiger partial charge in [0, 0.05) is 18.0 Å². The first-order chi connectivity index (χ1) is 9.97. The van der Waals surface area contributed by atoms with E-state index in [2.05, 4.69) is 12.2 Å². The van der Waals surface area contributed by atoms with Gasteiger partial charge in [-0.05, 0) is 30.5 Å². The van der Waals surface area contributed by atoms with Gasteiger partial charge in [-0.3, -0.25) is 4.79 Å². The average molecular weight is 312 g/mol. The Bertz CT molecular complexity index is 486. The quantitative estimate of drug-likeness (QED) is 0.879. The molecule has 1 amide bonds. The molecule has 2 rings (SSSR count). The molecule has 1 aliphatic rings. The molecule has 0 radical (unpaired) electrons. The molecule has 1 atom stereocenters. The van der Waals surface area contributed by atoms with E-state index >= 15 is 0 Å². The van der Waals surface area contributed by atoms with Gasteiger partial charge in [0.05, 0.1) is 19.6 Å². The maximum atomic E-state index is 11.9. The van der Waals surface area contributed by atoms with Crippen molar-refractivity contribution in [3.63, 3.8) is 0 Å². The van der Waals surface area contributed by atoms with Crippen LogP contribution in [0.15, 0.2) is 24.3 Å². The molecular weight excluding hydrogens is 290 g/mol. The molecule has 0 saturated carbocycles. The van der Waals surface area contributed by atoms with Crippen molar-refractivity contribution >= 4 is 17.5 Å². The second-order valence-electron chi connectivity index (χ2n) is 5.75. The second-order valence-corrected chi connectivity index (χ2v) is 6.19. The Morgan fingerprint density at radius 2 is 2.14 bits per heavy atom. The van der Waals surface area contributed by atoms with Gasteiger partial charge in [-0.15, -0.1) is 0 Å². The molecule has 116 valence electrons. The van der Waals surface area contributed by atoms with Crippen LogP contribution in [-0.2, 0) is 20.7 Å². The van der Waals surface area contributed by atoms with Crippen molar-refractivity contribution in [2.75, 3.05) is 19.8 Å². The molecule has 1 aromatic carbocycles. The lowest BCUT2D eigenvalue weighted by Crippen LogP contribution is -2.35. The minimum Gasteiger partial charge on any atom is -0.356 e. The van der Waals surface area contributed by atoms with Crippen molar-refractivity contribution in [3.05, 3.63) is 34.9 Å². The molecule has 1 heterocycles. The predicted octanol–water partition coefficient (Wildman–Crippen LogP) is 2.79. The Kier molecular flexibility index (Phi) is 5.62. The van der Waals surface area contributed by atoms with Crippen LogP contribution in [0.2, 0.25) is 5.02 Å². The van der Waals surface area contributed by atoms with Crippen LogP contribution in [0.1, 0.15) is 25.8 Å². The Hall–Kier alpha value is -1.10. The number of benzene rings is 1. The van der Waals surface area contributed by atoms with Gasteiger partial charge in [0.1, 0.15) is 0 Å². The topological polar surface area (TPSA) is 47.6 Å². The van der Waals surface area contributed by atoms with Crippen LogP contribution in [0.4, 0.5) is 0 Å². The maximum Gasteiger partial charge on any atom is 0.224 e. The number of carbonyl (C=O) groups excluding carboxylic acids is 1. The van der Waals surface area contributed by atoms with Crippen LogP contribution in [0.3, 0.4) is 0 Å². The second kappa shape index (κ2) is 7.25. The van der Waals surface area contributed by atoms with E-state index in [4.69, 9.17) is 21.1 Å². The third kappa shape index (κ3) is 5.30. The Labute approximate surface area is 130 Å². The fourth-order valence-corrected chi connectivity index (χ4v) is 2.78. The number of nitrogens with one attached hydrogen (secondary N) is 1. The third-order valence-corrected chi connectivity index (χ3v) is 3.75. The van der Waals surface area contributed by atoms with Gasteiger partial charge in [0.25, 0.3) is 0 Å². The fourth-order valence-electron chi connectivity index (χ4n) is 2.56. The van der Waals surface area contributed by atoms with E-state index in [-0.39, 0.29) is 11.8 Å². The molecule has 5 heteroatoms. The summed E-state index contributed by atoms with van der Waals surface area (Å²) in [5, 5.41) is 3.60. The highest BCUT2D eigenvalue weighted by Crippen LogP contribution is 2.26. The zero-order valence-electron chi connectivity index (χ0n) is 12.5. The zero-order chi connectivity index (χ0) is 15.3. The predicted molar refractivity (Wildman–Crippen MR) is 82.3 cm³/mol. The summed E-state index contributed by atoms with van der Waals surface area (Å²) in [4.78, 5) is 11.9. The van der Waals surface area contributed by atoms with E-state index in [1.165, 1.54) is 0 Å². The highest BCUT2D eigenvalue weighted by atomic mass is 35.5. The van der Waals surface area contributed by atoms with E-state index in [9.17, 15) is 4.79 Å². The van der Waals surface area contributed by atoms with Gasteiger partial charge in [-0.1, -0.05) is 30.7 Å². The average Bonchev–Trinajstić information content (AvgIpc) is 2.83. The first kappa shape index (κ1) is 16.3. The highest BCUT2D eigenvalue weighted by Gasteiger charge is 2.32. The van der Waals surface area contributed by atoms with Gasteiger partial charge < -0.3 is 14.8 Å². The summed E-state index contributed by atoms with van der Waals surface area (Å²) < 4.78 is 11.2. The number of hydrogen-bond donors (Lipinski definition) is 1. The summed E-state index contributed by atoms with van der Waals surface area (Å²) in [5.74, 6) is -0.212. The SMILES string of the molecule is CC(CNC(=O)Cc1cccc(Cl)c1)CC1(C)OCCO1. The smallest absolute Gasteiger partial charge is 0.224 e. The summed E-state index contributed by atoms with van der Waals surface area (Å²) in [6, 6.07) is 7.36. The molecule has 1 unspecified atom stereocenters. The molecule has 0 aliphatic carbocycles. The summed E-state index contributed by atoms with van der Waals surface area (Å²) >= 11 is 5.91. The number of rotatable bonds is 6. The molecule has 0 spiro atoms. The van der Waals surface area contributed by atoms with Crippen molar-refractivity contribution in [3.8, 4) is 0 Å². The first-order valence-electron chi connectivity index (χ1n) is 7.26. The number of amides is 1. The van der Waals surface area contributed by atoms with E-state index < -0.39 is 5.79 Å². The van der Waals surface area contributed by atoms with Gasteiger partial charge in [0.2, 0.25) is 5.91 Å². The van der Waals surface area contributed by atoms with Crippen molar-refractivity contribution in [2.24, 2.45) is 5.92 Å². The fraction of sp³-hybridized carbons (Fsp3) is 0.562. The molecule has 4 nitrogen and oxygen atoms in total. The van der Waals surface area contributed by atoms with Crippen LogP contribution in [0.25, 0.3) is 0 Å². The molecule has 1 fully saturated rings. The van der Waals surface area contributed by atoms with Crippen molar-refractivity contribution in [1.29, 1.82) is 0 Å². The van der Waals surface area contributed by atoms with Crippen molar-refractivity contribution in [1.82, 2.24) is 5.32 Å². The first-order valence-corrected chi connectivity index (χ1v) is 7.64. The highest BCUT2D eigenvalue weighted by molar-refractivity contribution is 6.30. The Morgan fingerprint density at radius 3 is 2.81 bits per heavy atom. The lowest BCUT2D eigenvalue weighted by Gasteiger charge is -2.26. The van der Waals surface area contributed by atoms with Crippen LogP contribution in [-0.4, -0.2) is 31.5 Å². The molecule has 0 aromatic heterocycles. The lowest BCUT2D eigenvalue weighted by atomic mass is 10.0. The molecule has 1 saturated heterocycles. The summed E-state index contributed by atoms with van der Waals surface area (Å²) in [6.07, 6.45) is 1.11. The molecule has 21 heavy (non-hydrogen) atoms. The number of halogens is 1. The van der Waals surface area contributed by atoms with Crippen molar-refractivity contribution in [2.45, 2.75) is 32.5 Å². The van der Waals surface area contributed by atoms with Crippen LogP contribution in [0.5, 0.6) is 0 Å². The molecule has 1 aromatic rings. The summed E-state index contributed by atoms with van der Waals surface area (Å²) in [7, 11) is 0. The molecule has 1 N–H and O–H groups in total. The third-order valence-electron chi connectivity index (χ3n) is 3.52. The van der Waals surface area contributed by atoms with Gasteiger partial charge in [-0.2, -0.15) is 0 Å². The van der Waals surface area contributed by atoms with E-state index in [1.54, 1.807) is 6.07 Å². The molecule has 0 bridgehead atoms. The number of carbonyl (C=O) groups is 1. The lowest BCUT2D eigenvalue weighted by molar-refractivity contribution is -0.154. The van der Waals surface area contributed by atoms with Crippen molar-refractivity contribution < 1.29 is 14.3 Å². The maximum absolute atomic E-state index is 11.9. The monoisotopic (exact) mass is 311 g/mol. The van der Waals surface area contributed by atoms with E-state index in [0.29, 0.717) is 31.2 Å². The molecular formula is C16H22ClNO3. The van der Waals surface area contributed by atoms with Crippen LogP contribution >= 0.6 is 11.6 Å². The van der Waals surface area contributed by atoms with Gasteiger partial charge in [-0.25, -0.2) is 0 Å². The summed E-state index contributed by atoms with van der Waals surface area (Å²) in [6.45, 7) is 5.93. The number of hydrogen-bond acceptors (Lipinski definition) is 3. The minimum atomic E-state index is -0.503. The van der Waals surface area contributed by atoms with E-state index in [1.807, 2.05) is 25.1 Å².